The average molecular weight is 262 g/mol. The van der Waals surface area contributed by atoms with Gasteiger partial charge in [0.25, 0.3) is 0 Å². The second kappa shape index (κ2) is 5.31. The molecular formula is C15H22N2O2. The summed E-state index contributed by atoms with van der Waals surface area (Å²) in [6.45, 7) is 8.11. The third kappa shape index (κ3) is 3.14. The van der Waals surface area contributed by atoms with Crippen LogP contribution in [0.4, 0.5) is 0 Å². The minimum absolute atomic E-state index is 0.135. The van der Waals surface area contributed by atoms with E-state index in [2.05, 4.69) is 30.7 Å². The van der Waals surface area contributed by atoms with E-state index in [1.165, 1.54) is 0 Å². The van der Waals surface area contributed by atoms with Crippen LogP contribution in [0, 0.1) is 0 Å². The van der Waals surface area contributed by atoms with Crippen LogP contribution in [0.25, 0.3) is 0 Å². The van der Waals surface area contributed by atoms with Crippen LogP contribution in [0.2, 0.25) is 0 Å². The number of carbonyl (C=O) groups is 1. The third-order valence-electron chi connectivity index (χ3n) is 4.04. The minimum atomic E-state index is -0.844. The molecule has 0 amide bonds. The highest BCUT2D eigenvalue weighted by atomic mass is 16.4. The fraction of sp³-hybridized carbons (Fsp3) is 0.533. The highest BCUT2D eigenvalue weighted by Gasteiger charge is 2.31. The van der Waals surface area contributed by atoms with E-state index < -0.39 is 5.97 Å². The molecule has 0 aromatic heterocycles. The Balaban J connectivity index is 2.12. The highest BCUT2D eigenvalue weighted by molar-refractivity contribution is 5.89. The first-order chi connectivity index (χ1) is 8.90. The number of likely N-dealkylation sites (N-methyl/N-ethyl adjacent to an activating group) is 1. The van der Waals surface area contributed by atoms with Crippen molar-refractivity contribution in [1.82, 2.24) is 9.80 Å². The maximum absolute atomic E-state index is 11.2. The molecule has 2 rings (SSSR count). The predicted octanol–water partition coefficient (Wildman–Crippen LogP) is 1.91. The number of benzene rings is 1. The van der Waals surface area contributed by atoms with Crippen LogP contribution >= 0.6 is 0 Å². The lowest BCUT2D eigenvalue weighted by atomic mass is 9.98. The van der Waals surface area contributed by atoms with Crippen LogP contribution in [-0.2, 0) is 6.54 Å². The first-order valence-electron chi connectivity index (χ1n) is 6.65. The fourth-order valence-electron chi connectivity index (χ4n) is 2.58. The number of nitrogens with zero attached hydrogens (tertiary/aromatic N) is 2. The van der Waals surface area contributed by atoms with Crippen molar-refractivity contribution >= 4 is 5.97 Å². The topological polar surface area (TPSA) is 43.8 Å². The molecule has 4 heteroatoms. The number of carboxylic acid groups (broad SMARTS) is 1. The average Bonchev–Trinajstić information content (AvgIpc) is 2.34. The molecule has 1 aromatic carbocycles. The Morgan fingerprint density at radius 3 is 2.63 bits per heavy atom. The van der Waals surface area contributed by atoms with Gasteiger partial charge < -0.3 is 5.11 Å². The second-order valence-electron chi connectivity index (χ2n) is 5.91. The van der Waals surface area contributed by atoms with Gasteiger partial charge in [-0.05, 0) is 32.5 Å². The first-order valence-corrected chi connectivity index (χ1v) is 6.65. The van der Waals surface area contributed by atoms with E-state index >= 15 is 0 Å². The second-order valence-corrected chi connectivity index (χ2v) is 5.91. The molecule has 0 aliphatic carbocycles. The summed E-state index contributed by atoms with van der Waals surface area (Å²) in [6, 6.07) is 7.28. The zero-order chi connectivity index (χ0) is 14.0. The van der Waals surface area contributed by atoms with E-state index in [0.717, 1.165) is 25.2 Å². The van der Waals surface area contributed by atoms with Crippen molar-refractivity contribution in [3.05, 3.63) is 35.4 Å². The molecule has 1 saturated heterocycles. The Kier molecular flexibility index (Phi) is 3.92. The normalized spacial score (nSPS) is 20.4. The molecule has 0 saturated carbocycles. The fourth-order valence-corrected chi connectivity index (χ4v) is 2.58. The monoisotopic (exact) mass is 262 g/mol. The van der Waals surface area contributed by atoms with E-state index in [4.69, 9.17) is 0 Å². The van der Waals surface area contributed by atoms with Gasteiger partial charge in [-0.25, -0.2) is 4.79 Å². The molecule has 104 valence electrons. The van der Waals surface area contributed by atoms with Crippen molar-refractivity contribution in [2.45, 2.75) is 25.9 Å². The molecule has 19 heavy (non-hydrogen) atoms. The maximum Gasteiger partial charge on any atom is 0.336 e. The van der Waals surface area contributed by atoms with E-state index in [1.54, 1.807) is 12.1 Å². The SMILES string of the molecule is CN1CCN(Cc2ccccc2C(=O)O)CC1(C)C. The van der Waals surface area contributed by atoms with Gasteiger partial charge in [0.2, 0.25) is 0 Å². The van der Waals surface area contributed by atoms with Crippen LogP contribution in [0.1, 0.15) is 29.8 Å². The molecule has 1 N–H and O–H groups in total. The number of carboxylic acids is 1. The van der Waals surface area contributed by atoms with E-state index in [9.17, 15) is 9.90 Å². The van der Waals surface area contributed by atoms with Crippen molar-refractivity contribution in [1.29, 1.82) is 0 Å². The Bertz CT molecular complexity index is 471. The van der Waals surface area contributed by atoms with Crippen LogP contribution in [0.15, 0.2) is 24.3 Å². The Hall–Kier alpha value is -1.39. The number of rotatable bonds is 3. The maximum atomic E-state index is 11.2. The van der Waals surface area contributed by atoms with Crippen LogP contribution in [0.3, 0.4) is 0 Å². The quantitative estimate of drug-likeness (QED) is 0.903. The van der Waals surface area contributed by atoms with Gasteiger partial charge in [-0.3, -0.25) is 9.80 Å². The lowest BCUT2D eigenvalue weighted by Gasteiger charge is -2.45. The molecule has 0 unspecified atom stereocenters. The van der Waals surface area contributed by atoms with Gasteiger partial charge in [0.1, 0.15) is 0 Å². The van der Waals surface area contributed by atoms with Crippen molar-refractivity contribution in [2.75, 3.05) is 26.7 Å². The summed E-state index contributed by atoms with van der Waals surface area (Å²) in [5.41, 5.74) is 1.45. The Labute approximate surface area is 114 Å². The van der Waals surface area contributed by atoms with Crippen LogP contribution in [0.5, 0.6) is 0 Å². The third-order valence-corrected chi connectivity index (χ3v) is 4.04. The highest BCUT2D eigenvalue weighted by Crippen LogP contribution is 2.21. The van der Waals surface area contributed by atoms with Gasteiger partial charge in [-0.15, -0.1) is 0 Å². The summed E-state index contributed by atoms with van der Waals surface area (Å²) >= 11 is 0. The Morgan fingerprint density at radius 2 is 2.00 bits per heavy atom. The largest absolute Gasteiger partial charge is 0.478 e. The molecule has 4 nitrogen and oxygen atoms in total. The van der Waals surface area contributed by atoms with Gasteiger partial charge in [0, 0.05) is 31.7 Å². The van der Waals surface area contributed by atoms with Gasteiger partial charge in [-0.1, -0.05) is 18.2 Å². The smallest absolute Gasteiger partial charge is 0.336 e. The summed E-state index contributed by atoms with van der Waals surface area (Å²) in [4.78, 5) is 15.9. The predicted molar refractivity (Wildman–Crippen MR) is 75.4 cm³/mol. The minimum Gasteiger partial charge on any atom is -0.478 e. The summed E-state index contributed by atoms with van der Waals surface area (Å²) < 4.78 is 0. The lowest BCUT2D eigenvalue weighted by Crippen LogP contribution is -2.57. The first kappa shape index (κ1) is 14.0. The zero-order valence-electron chi connectivity index (χ0n) is 11.9. The van der Waals surface area contributed by atoms with Crippen LogP contribution < -0.4 is 0 Å². The molecule has 1 aromatic rings. The van der Waals surface area contributed by atoms with Crippen LogP contribution in [-0.4, -0.2) is 53.1 Å². The molecule has 0 atom stereocenters. The van der Waals surface area contributed by atoms with Crippen molar-refractivity contribution in [3.63, 3.8) is 0 Å². The van der Waals surface area contributed by atoms with Crippen molar-refractivity contribution in [3.8, 4) is 0 Å². The lowest BCUT2D eigenvalue weighted by molar-refractivity contribution is 0.0357. The van der Waals surface area contributed by atoms with E-state index in [0.29, 0.717) is 12.1 Å². The standard InChI is InChI=1S/C15H22N2O2/c1-15(2)11-17(9-8-16(15)3)10-12-6-4-5-7-13(12)14(18)19/h4-7H,8-11H2,1-3H3,(H,18,19). The van der Waals surface area contributed by atoms with E-state index in [-0.39, 0.29) is 5.54 Å². The van der Waals surface area contributed by atoms with E-state index in [1.807, 2.05) is 12.1 Å². The van der Waals surface area contributed by atoms with Crippen molar-refractivity contribution < 1.29 is 9.90 Å². The van der Waals surface area contributed by atoms with Gasteiger partial charge in [-0.2, -0.15) is 0 Å². The molecule has 1 heterocycles. The number of aromatic carboxylic acids is 1. The number of hydrogen-bond acceptors (Lipinski definition) is 3. The molecule has 0 radical (unpaired) electrons. The molecule has 1 aliphatic rings. The number of piperazine rings is 1. The molecule has 1 aliphatic heterocycles. The molecule has 0 bridgehead atoms. The molecule has 0 spiro atoms. The van der Waals surface area contributed by atoms with Gasteiger partial charge in [0.05, 0.1) is 5.56 Å². The summed E-state index contributed by atoms with van der Waals surface area (Å²) in [5, 5.41) is 9.21. The Morgan fingerprint density at radius 1 is 1.32 bits per heavy atom. The molecule has 1 fully saturated rings. The summed E-state index contributed by atoms with van der Waals surface area (Å²) in [5.74, 6) is -0.844. The van der Waals surface area contributed by atoms with Crippen molar-refractivity contribution in [2.24, 2.45) is 0 Å². The summed E-state index contributed by atoms with van der Waals surface area (Å²) in [7, 11) is 2.14. The zero-order valence-corrected chi connectivity index (χ0v) is 11.9. The van der Waals surface area contributed by atoms with Gasteiger partial charge >= 0.3 is 5.97 Å². The molecular weight excluding hydrogens is 240 g/mol. The summed E-state index contributed by atoms with van der Waals surface area (Å²) in [6.07, 6.45) is 0. The number of hydrogen-bond donors (Lipinski definition) is 1. The van der Waals surface area contributed by atoms with Gasteiger partial charge in [0.15, 0.2) is 0 Å².